The quantitative estimate of drug-likeness (QED) is 0.338. The van der Waals surface area contributed by atoms with E-state index in [2.05, 4.69) is 34.1 Å². The number of hydrogen-bond acceptors (Lipinski definition) is 6. The minimum absolute atomic E-state index is 0. The second-order valence-corrected chi connectivity index (χ2v) is 7.06. The summed E-state index contributed by atoms with van der Waals surface area (Å²) in [5.74, 6) is 1.87. The molecule has 0 radical (unpaired) electrons. The highest BCUT2D eigenvalue weighted by Crippen LogP contribution is 2.08. The number of carbonyl (C=O) groups excluding carboxylic acids is 1. The number of nitrogens with zero attached hydrogens (tertiary/aromatic N) is 5. The van der Waals surface area contributed by atoms with Gasteiger partial charge in [-0.3, -0.25) is 9.69 Å². The van der Waals surface area contributed by atoms with Gasteiger partial charge >= 0.3 is 0 Å². The maximum atomic E-state index is 12.4. The molecule has 0 aromatic carbocycles. The monoisotopic (exact) mass is 520 g/mol. The van der Waals surface area contributed by atoms with Crippen LogP contribution in [0.25, 0.3) is 0 Å². The van der Waals surface area contributed by atoms with E-state index in [1.165, 1.54) is 0 Å². The average Bonchev–Trinajstić information content (AvgIpc) is 3.20. The van der Waals surface area contributed by atoms with Crippen LogP contribution in [0.5, 0.6) is 0 Å². The van der Waals surface area contributed by atoms with Gasteiger partial charge in [0, 0.05) is 51.9 Å². The molecule has 29 heavy (non-hydrogen) atoms. The van der Waals surface area contributed by atoms with E-state index < -0.39 is 0 Å². The number of guanidine groups is 1. The maximum absolute atomic E-state index is 12.4. The van der Waals surface area contributed by atoms with Gasteiger partial charge in [-0.25, -0.2) is 4.99 Å². The van der Waals surface area contributed by atoms with Crippen molar-refractivity contribution in [1.82, 2.24) is 25.2 Å². The molecule has 9 nitrogen and oxygen atoms in total. The molecule has 3 rings (SSSR count). The van der Waals surface area contributed by atoms with Gasteiger partial charge in [-0.2, -0.15) is 0 Å². The van der Waals surface area contributed by atoms with Crippen molar-refractivity contribution in [3.63, 3.8) is 0 Å². The van der Waals surface area contributed by atoms with Crippen molar-refractivity contribution in [2.24, 2.45) is 4.99 Å². The lowest BCUT2D eigenvalue weighted by Gasteiger charge is -2.37. The van der Waals surface area contributed by atoms with Gasteiger partial charge in [0.1, 0.15) is 6.54 Å². The van der Waals surface area contributed by atoms with E-state index in [0.717, 1.165) is 56.6 Å². The molecule has 2 aliphatic rings. The van der Waals surface area contributed by atoms with E-state index in [-0.39, 0.29) is 29.9 Å². The lowest BCUT2D eigenvalue weighted by molar-refractivity contribution is -0.136. The first-order chi connectivity index (χ1) is 13.7. The number of carbonyl (C=O) groups is 1. The Hall–Kier alpha value is -1.40. The second kappa shape index (κ2) is 12.3. The van der Waals surface area contributed by atoms with Crippen LogP contribution in [0.2, 0.25) is 0 Å². The van der Waals surface area contributed by atoms with Gasteiger partial charge in [0.25, 0.3) is 0 Å². The Morgan fingerprint density at radius 3 is 2.48 bits per heavy atom. The molecular formula is C19H33IN6O3. The number of aromatic nitrogens is 1. The highest BCUT2D eigenvalue weighted by molar-refractivity contribution is 14.0. The number of aliphatic imine (C=N–C) groups is 1. The summed E-state index contributed by atoms with van der Waals surface area (Å²) in [6, 6.07) is 1.96. The van der Waals surface area contributed by atoms with Crippen LogP contribution in [0.3, 0.4) is 0 Å². The number of rotatable bonds is 6. The van der Waals surface area contributed by atoms with E-state index in [0.29, 0.717) is 39.4 Å². The van der Waals surface area contributed by atoms with Crippen LogP contribution in [0, 0.1) is 0 Å². The third kappa shape index (κ3) is 7.10. The fourth-order valence-electron chi connectivity index (χ4n) is 3.40. The molecule has 0 unspecified atom stereocenters. The van der Waals surface area contributed by atoms with E-state index in [4.69, 9.17) is 14.3 Å². The summed E-state index contributed by atoms with van der Waals surface area (Å²) < 4.78 is 10.6. The number of hydrogen-bond donors (Lipinski definition) is 1. The Bertz CT molecular complexity index is 654. The molecule has 2 fully saturated rings. The van der Waals surface area contributed by atoms with Crippen molar-refractivity contribution in [3.8, 4) is 0 Å². The summed E-state index contributed by atoms with van der Waals surface area (Å²) in [5, 5.41) is 7.38. The van der Waals surface area contributed by atoms with Gasteiger partial charge in [0.15, 0.2) is 11.7 Å². The van der Waals surface area contributed by atoms with Gasteiger partial charge in [0.2, 0.25) is 5.91 Å². The molecule has 10 heteroatoms. The van der Waals surface area contributed by atoms with Gasteiger partial charge in [-0.15, -0.1) is 24.0 Å². The van der Waals surface area contributed by atoms with Crippen LogP contribution < -0.4 is 5.32 Å². The highest BCUT2D eigenvalue weighted by Gasteiger charge is 2.24. The molecule has 2 saturated heterocycles. The van der Waals surface area contributed by atoms with Crippen molar-refractivity contribution in [3.05, 3.63) is 17.5 Å². The molecule has 1 aromatic heterocycles. The Kier molecular flexibility index (Phi) is 10.2. The molecule has 2 aliphatic heterocycles. The number of nitrogens with one attached hydrogen (secondary N) is 1. The Balaban J connectivity index is 0.00000300. The lowest BCUT2D eigenvalue weighted by atomic mass is 10.3. The Morgan fingerprint density at radius 2 is 1.86 bits per heavy atom. The van der Waals surface area contributed by atoms with E-state index in [9.17, 15) is 4.79 Å². The first-order valence-electron chi connectivity index (χ1n) is 10.2. The van der Waals surface area contributed by atoms with E-state index >= 15 is 0 Å². The molecule has 1 aromatic rings. The predicted octanol–water partition coefficient (Wildman–Crippen LogP) is 0.797. The maximum Gasteiger partial charge on any atom is 0.236 e. The van der Waals surface area contributed by atoms with Crippen molar-refractivity contribution in [1.29, 1.82) is 0 Å². The first-order valence-corrected chi connectivity index (χ1v) is 10.2. The smallest absolute Gasteiger partial charge is 0.236 e. The summed E-state index contributed by atoms with van der Waals surface area (Å²) >= 11 is 0. The third-order valence-corrected chi connectivity index (χ3v) is 5.08. The highest BCUT2D eigenvalue weighted by atomic mass is 127. The summed E-state index contributed by atoms with van der Waals surface area (Å²) in [4.78, 5) is 23.5. The molecule has 0 atom stereocenters. The number of amides is 1. The van der Waals surface area contributed by atoms with Crippen molar-refractivity contribution < 1.29 is 14.1 Å². The third-order valence-electron chi connectivity index (χ3n) is 5.08. The number of piperazine rings is 1. The predicted molar refractivity (Wildman–Crippen MR) is 122 cm³/mol. The number of ether oxygens (including phenoxy) is 1. The summed E-state index contributed by atoms with van der Waals surface area (Å²) in [7, 11) is 0. The molecule has 3 heterocycles. The Labute approximate surface area is 189 Å². The van der Waals surface area contributed by atoms with Crippen LogP contribution in [0.4, 0.5) is 0 Å². The van der Waals surface area contributed by atoms with Crippen LogP contribution in [0.1, 0.15) is 25.3 Å². The molecule has 1 N–H and O–H groups in total. The zero-order chi connectivity index (χ0) is 19.8. The number of aryl methyl sites for hydroxylation is 1. The van der Waals surface area contributed by atoms with Gasteiger partial charge < -0.3 is 24.4 Å². The van der Waals surface area contributed by atoms with Gasteiger partial charge in [0.05, 0.1) is 25.5 Å². The fourth-order valence-corrected chi connectivity index (χ4v) is 3.40. The van der Waals surface area contributed by atoms with E-state index in [1.54, 1.807) is 0 Å². The largest absolute Gasteiger partial charge is 0.378 e. The van der Waals surface area contributed by atoms with Crippen LogP contribution >= 0.6 is 24.0 Å². The standard InChI is InChI=1S/C19H32N6O3.HI/c1-3-16-13-17(28-22-16)14-21-19(20-4-2)25-7-5-23(6-8-25)15-18(26)24-9-11-27-12-10-24;/h13H,3-12,14-15H2,1-2H3,(H,20,21);1H. The molecule has 164 valence electrons. The fraction of sp³-hybridized carbons (Fsp3) is 0.737. The minimum atomic E-state index is 0. The number of morpholine rings is 1. The summed E-state index contributed by atoms with van der Waals surface area (Å²) in [6.45, 7) is 12.0. The SMILES string of the molecule is CCNC(=NCc1cc(CC)no1)N1CCN(CC(=O)N2CCOCC2)CC1.I. The van der Waals surface area contributed by atoms with Gasteiger partial charge in [-0.1, -0.05) is 12.1 Å². The van der Waals surface area contributed by atoms with Crippen LogP contribution in [-0.2, 0) is 22.5 Å². The molecule has 0 aliphatic carbocycles. The van der Waals surface area contributed by atoms with Crippen LogP contribution in [-0.4, -0.2) is 97.3 Å². The van der Waals surface area contributed by atoms with Gasteiger partial charge in [-0.05, 0) is 13.3 Å². The molecule has 0 spiro atoms. The topological polar surface area (TPSA) is 86.4 Å². The zero-order valence-corrected chi connectivity index (χ0v) is 19.8. The number of halogens is 1. The van der Waals surface area contributed by atoms with E-state index in [1.807, 2.05) is 11.0 Å². The second-order valence-electron chi connectivity index (χ2n) is 7.06. The van der Waals surface area contributed by atoms with Crippen LogP contribution in [0.15, 0.2) is 15.6 Å². The van der Waals surface area contributed by atoms with Crippen molar-refractivity contribution in [2.75, 3.05) is 65.6 Å². The average molecular weight is 520 g/mol. The zero-order valence-electron chi connectivity index (χ0n) is 17.4. The summed E-state index contributed by atoms with van der Waals surface area (Å²) in [6.07, 6.45) is 0.860. The minimum Gasteiger partial charge on any atom is -0.378 e. The lowest BCUT2D eigenvalue weighted by Crippen LogP contribution is -2.54. The normalized spacial score (nSPS) is 18.5. The molecule has 0 saturated carbocycles. The molecular weight excluding hydrogens is 487 g/mol. The van der Waals surface area contributed by atoms with Crippen molar-refractivity contribution in [2.45, 2.75) is 26.8 Å². The first kappa shape index (κ1) is 23.9. The Morgan fingerprint density at radius 1 is 1.14 bits per heavy atom. The van der Waals surface area contributed by atoms with Crippen molar-refractivity contribution >= 4 is 35.8 Å². The molecule has 0 bridgehead atoms. The summed E-state index contributed by atoms with van der Waals surface area (Å²) in [5.41, 5.74) is 0.953. The molecule has 1 amide bonds.